The molecular formula is C18H20FNO2. The van der Waals surface area contributed by atoms with Crippen LogP contribution in [0.25, 0.3) is 0 Å². The fourth-order valence-electron chi connectivity index (χ4n) is 2.16. The van der Waals surface area contributed by atoms with E-state index in [0.29, 0.717) is 5.75 Å². The number of ether oxygens (including phenoxy) is 1. The molecule has 1 unspecified atom stereocenters. The van der Waals surface area contributed by atoms with Crippen molar-refractivity contribution >= 4 is 11.6 Å². The van der Waals surface area contributed by atoms with Crippen molar-refractivity contribution in [3.63, 3.8) is 0 Å². The lowest BCUT2D eigenvalue weighted by atomic mass is 10.1. The summed E-state index contributed by atoms with van der Waals surface area (Å²) in [6.07, 6.45) is -0.723. The van der Waals surface area contributed by atoms with Crippen LogP contribution in [0.3, 0.4) is 0 Å². The van der Waals surface area contributed by atoms with Gasteiger partial charge in [0.1, 0.15) is 11.6 Å². The summed E-state index contributed by atoms with van der Waals surface area (Å²) in [5.74, 6) is -0.178. The Kier molecular flexibility index (Phi) is 4.81. The van der Waals surface area contributed by atoms with Gasteiger partial charge in [-0.1, -0.05) is 18.2 Å². The highest BCUT2D eigenvalue weighted by atomic mass is 19.1. The topological polar surface area (TPSA) is 38.3 Å². The Morgan fingerprint density at radius 3 is 2.55 bits per heavy atom. The van der Waals surface area contributed by atoms with E-state index in [1.54, 1.807) is 19.1 Å². The van der Waals surface area contributed by atoms with Crippen molar-refractivity contribution in [2.45, 2.75) is 33.8 Å². The normalized spacial score (nSPS) is 11.9. The van der Waals surface area contributed by atoms with Crippen LogP contribution < -0.4 is 10.1 Å². The molecule has 0 saturated heterocycles. The number of hydrogen-bond acceptors (Lipinski definition) is 2. The Morgan fingerprint density at radius 2 is 1.86 bits per heavy atom. The van der Waals surface area contributed by atoms with E-state index in [9.17, 15) is 9.18 Å². The summed E-state index contributed by atoms with van der Waals surface area (Å²) in [6.45, 7) is 7.57. The zero-order chi connectivity index (χ0) is 16.3. The highest BCUT2D eigenvalue weighted by molar-refractivity contribution is 5.94. The molecule has 1 atom stereocenters. The predicted octanol–water partition coefficient (Wildman–Crippen LogP) is 4.16. The summed E-state index contributed by atoms with van der Waals surface area (Å²) in [5, 5.41) is 2.54. The molecule has 0 bridgehead atoms. The van der Waals surface area contributed by atoms with E-state index >= 15 is 0 Å². The zero-order valence-corrected chi connectivity index (χ0v) is 13.2. The summed E-state index contributed by atoms with van der Waals surface area (Å²) < 4.78 is 19.3. The minimum absolute atomic E-state index is 0.153. The van der Waals surface area contributed by atoms with Gasteiger partial charge in [-0.05, 0) is 62.6 Å². The molecule has 2 aromatic rings. The molecule has 0 fully saturated rings. The van der Waals surface area contributed by atoms with Crippen molar-refractivity contribution in [1.29, 1.82) is 0 Å². The summed E-state index contributed by atoms with van der Waals surface area (Å²) in [7, 11) is 0. The average molecular weight is 301 g/mol. The van der Waals surface area contributed by atoms with Crippen molar-refractivity contribution in [3.8, 4) is 5.75 Å². The predicted molar refractivity (Wildman–Crippen MR) is 85.8 cm³/mol. The first-order chi connectivity index (χ1) is 10.4. The summed E-state index contributed by atoms with van der Waals surface area (Å²) in [4.78, 5) is 12.1. The van der Waals surface area contributed by atoms with Gasteiger partial charge in [-0.3, -0.25) is 4.79 Å². The molecule has 0 aliphatic rings. The second-order valence-electron chi connectivity index (χ2n) is 5.43. The number of benzene rings is 2. The van der Waals surface area contributed by atoms with E-state index < -0.39 is 11.9 Å². The number of carbonyl (C=O) groups is 1. The fraction of sp³-hybridized carbons (Fsp3) is 0.278. The summed E-state index contributed by atoms with van der Waals surface area (Å²) in [5.41, 5.74) is 3.33. The lowest BCUT2D eigenvalue weighted by Crippen LogP contribution is -2.30. The number of rotatable bonds is 4. The number of nitrogens with one attached hydrogen (secondary N) is 1. The van der Waals surface area contributed by atoms with Crippen LogP contribution in [0.15, 0.2) is 36.4 Å². The molecular weight excluding hydrogens is 281 g/mol. The van der Waals surface area contributed by atoms with Gasteiger partial charge in [0.15, 0.2) is 6.10 Å². The van der Waals surface area contributed by atoms with Gasteiger partial charge in [-0.15, -0.1) is 0 Å². The lowest BCUT2D eigenvalue weighted by molar-refractivity contribution is -0.122. The molecule has 0 spiro atoms. The molecule has 1 amide bonds. The van der Waals surface area contributed by atoms with Crippen molar-refractivity contribution in [2.75, 3.05) is 5.32 Å². The van der Waals surface area contributed by atoms with E-state index in [1.165, 1.54) is 12.1 Å². The number of amides is 1. The van der Waals surface area contributed by atoms with Crippen LogP contribution in [-0.4, -0.2) is 12.0 Å². The first-order valence-corrected chi connectivity index (χ1v) is 7.18. The molecule has 0 saturated carbocycles. The van der Waals surface area contributed by atoms with E-state index in [1.807, 2.05) is 26.8 Å². The van der Waals surface area contributed by atoms with Gasteiger partial charge in [-0.2, -0.15) is 0 Å². The molecule has 0 aromatic heterocycles. The van der Waals surface area contributed by atoms with Crippen molar-refractivity contribution < 1.29 is 13.9 Å². The third kappa shape index (κ3) is 3.64. The first kappa shape index (κ1) is 16.0. The molecule has 1 N–H and O–H groups in total. The van der Waals surface area contributed by atoms with E-state index in [4.69, 9.17) is 4.74 Å². The van der Waals surface area contributed by atoms with Crippen LogP contribution in [-0.2, 0) is 4.79 Å². The molecule has 22 heavy (non-hydrogen) atoms. The van der Waals surface area contributed by atoms with E-state index in [0.717, 1.165) is 16.7 Å². The van der Waals surface area contributed by atoms with Gasteiger partial charge in [0, 0.05) is 0 Å². The molecule has 4 heteroatoms. The highest BCUT2D eigenvalue weighted by Gasteiger charge is 2.17. The first-order valence-electron chi connectivity index (χ1n) is 7.18. The van der Waals surface area contributed by atoms with Crippen molar-refractivity contribution in [2.24, 2.45) is 0 Å². The highest BCUT2D eigenvalue weighted by Crippen LogP contribution is 2.24. The maximum atomic E-state index is 13.6. The molecule has 116 valence electrons. The average Bonchev–Trinajstić information content (AvgIpc) is 2.46. The van der Waals surface area contributed by atoms with Gasteiger partial charge in [-0.25, -0.2) is 4.39 Å². The maximum Gasteiger partial charge on any atom is 0.265 e. The Hall–Kier alpha value is -2.36. The van der Waals surface area contributed by atoms with Gasteiger partial charge in [0.25, 0.3) is 5.91 Å². The molecule has 0 radical (unpaired) electrons. The van der Waals surface area contributed by atoms with Crippen molar-refractivity contribution in [1.82, 2.24) is 0 Å². The fourth-order valence-corrected chi connectivity index (χ4v) is 2.16. The smallest absolute Gasteiger partial charge is 0.265 e. The lowest BCUT2D eigenvalue weighted by Gasteiger charge is -2.18. The van der Waals surface area contributed by atoms with E-state index in [-0.39, 0.29) is 11.6 Å². The van der Waals surface area contributed by atoms with Gasteiger partial charge in [0.2, 0.25) is 0 Å². The number of anilines is 1. The molecule has 0 heterocycles. The standard InChI is InChI=1S/C18H20FNO2/c1-11-9-12(2)13(3)17(10-11)22-14(4)18(21)20-16-8-6-5-7-15(16)19/h5-10,14H,1-4H3,(H,20,21). The minimum Gasteiger partial charge on any atom is -0.481 e. The van der Waals surface area contributed by atoms with Crippen molar-refractivity contribution in [3.05, 3.63) is 58.9 Å². The minimum atomic E-state index is -0.723. The second-order valence-corrected chi connectivity index (χ2v) is 5.43. The Balaban J connectivity index is 2.11. The maximum absolute atomic E-state index is 13.6. The number of halogens is 1. The quantitative estimate of drug-likeness (QED) is 0.921. The summed E-state index contributed by atoms with van der Waals surface area (Å²) >= 11 is 0. The largest absolute Gasteiger partial charge is 0.481 e. The third-order valence-electron chi connectivity index (χ3n) is 3.57. The Morgan fingerprint density at radius 1 is 1.18 bits per heavy atom. The van der Waals surface area contributed by atoms with Gasteiger partial charge in [0.05, 0.1) is 5.69 Å². The van der Waals surface area contributed by atoms with Gasteiger partial charge < -0.3 is 10.1 Å². The van der Waals surface area contributed by atoms with E-state index in [2.05, 4.69) is 11.4 Å². The molecule has 3 nitrogen and oxygen atoms in total. The Bertz CT molecular complexity index is 697. The van der Waals surface area contributed by atoms with Crippen LogP contribution in [0.4, 0.5) is 10.1 Å². The van der Waals surface area contributed by atoms with Gasteiger partial charge >= 0.3 is 0 Å². The number of hydrogen-bond donors (Lipinski definition) is 1. The SMILES string of the molecule is Cc1cc(C)c(C)c(OC(C)C(=O)Nc2ccccc2F)c1. The monoisotopic (exact) mass is 301 g/mol. The van der Waals surface area contributed by atoms with Crippen LogP contribution >= 0.6 is 0 Å². The molecule has 2 aromatic carbocycles. The second kappa shape index (κ2) is 6.60. The molecule has 2 rings (SSSR count). The number of aryl methyl sites for hydroxylation is 2. The Labute approximate surface area is 130 Å². The van der Waals surface area contributed by atoms with Crippen LogP contribution in [0.1, 0.15) is 23.6 Å². The van der Waals surface area contributed by atoms with Crippen LogP contribution in [0.5, 0.6) is 5.75 Å². The zero-order valence-electron chi connectivity index (χ0n) is 13.2. The third-order valence-corrected chi connectivity index (χ3v) is 3.57. The molecule has 0 aliphatic carbocycles. The van der Waals surface area contributed by atoms with Crippen LogP contribution in [0, 0.1) is 26.6 Å². The van der Waals surface area contributed by atoms with Crippen LogP contribution in [0.2, 0.25) is 0 Å². The summed E-state index contributed by atoms with van der Waals surface area (Å²) in [6, 6.07) is 10.0. The number of para-hydroxylation sites is 1. The number of carbonyl (C=O) groups excluding carboxylic acids is 1. The molecule has 0 aliphatic heterocycles.